The first-order valence-corrected chi connectivity index (χ1v) is 7.14. The maximum Gasteiger partial charge on any atom is 0.120 e. The number of benzene rings is 1. The van der Waals surface area contributed by atoms with Crippen molar-refractivity contribution in [3.05, 3.63) is 35.9 Å². The van der Waals surface area contributed by atoms with Crippen molar-refractivity contribution in [2.45, 2.75) is 57.5 Å². The molecule has 0 bridgehead atoms. The summed E-state index contributed by atoms with van der Waals surface area (Å²) >= 11 is 0. The maximum atomic E-state index is 10.1. The summed E-state index contributed by atoms with van der Waals surface area (Å²) in [4.78, 5) is 0. The molecule has 19 heavy (non-hydrogen) atoms. The van der Waals surface area contributed by atoms with Crippen molar-refractivity contribution in [3.63, 3.8) is 0 Å². The molecule has 0 aliphatic carbocycles. The molecular formula is C16H24O3. The Morgan fingerprint density at radius 2 is 2.11 bits per heavy atom. The Balaban J connectivity index is 1.68. The number of aliphatic hydroxyl groups excluding tert-OH is 1. The molecule has 3 atom stereocenters. The van der Waals surface area contributed by atoms with Crippen LogP contribution >= 0.6 is 0 Å². The van der Waals surface area contributed by atoms with E-state index in [0.717, 1.165) is 24.8 Å². The number of aliphatic hydroxyl groups is 1. The van der Waals surface area contributed by atoms with Crippen LogP contribution in [0.3, 0.4) is 0 Å². The number of ether oxygens (including phenoxy) is 2. The van der Waals surface area contributed by atoms with Gasteiger partial charge in [-0.1, -0.05) is 50.1 Å². The molecule has 3 heteroatoms. The van der Waals surface area contributed by atoms with Gasteiger partial charge < -0.3 is 14.6 Å². The molecule has 0 unspecified atom stereocenters. The Hall–Kier alpha value is -0.900. The van der Waals surface area contributed by atoms with Crippen LogP contribution in [0, 0.1) is 0 Å². The third-order valence-corrected chi connectivity index (χ3v) is 3.85. The largest absolute Gasteiger partial charge is 0.390 e. The minimum atomic E-state index is -0.397. The van der Waals surface area contributed by atoms with E-state index in [-0.39, 0.29) is 12.2 Å². The zero-order valence-electron chi connectivity index (χ0n) is 11.8. The first-order chi connectivity index (χ1) is 9.16. The van der Waals surface area contributed by atoms with E-state index in [4.69, 9.17) is 9.47 Å². The minimum absolute atomic E-state index is 0.0306. The van der Waals surface area contributed by atoms with Gasteiger partial charge in [0.05, 0.1) is 19.3 Å². The Bertz CT molecular complexity index is 379. The predicted molar refractivity (Wildman–Crippen MR) is 74.9 cm³/mol. The first-order valence-electron chi connectivity index (χ1n) is 7.14. The highest BCUT2D eigenvalue weighted by Crippen LogP contribution is 2.41. The highest BCUT2D eigenvalue weighted by molar-refractivity contribution is 5.13. The van der Waals surface area contributed by atoms with Crippen LogP contribution in [-0.2, 0) is 16.1 Å². The summed E-state index contributed by atoms with van der Waals surface area (Å²) in [5, 5.41) is 10.1. The Morgan fingerprint density at radius 1 is 1.37 bits per heavy atom. The summed E-state index contributed by atoms with van der Waals surface area (Å²) in [6.45, 7) is 5.25. The molecule has 1 aliphatic rings. The molecule has 1 aromatic rings. The molecule has 1 fully saturated rings. The lowest BCUT2D eigenvalue weighted by molar-refractivity contribution is 0.0756. The lowest BCUT2D eigenvalue weighted by Crippen LogP contribution is -2.30. The number of epoxide rings is 1. The van der Waals surface area contributed by atoms with Crippen LogP contribution in [0.2, 0.25) is 0 Å². The molecule has 1 aliphatic heterocycles. The van der Waals surface area contributed by atoms with Crippen LogP contribution in [0.15, 0.2) is 30.3 Å². The van der Waals surface area contributed by atoms with Gasteiger partial charge in [0.1, 0.15) is 11.7 Å². The van der Waals surface area contributed by atoms with Crippen molar-refractivity contribution in [1.82, 2.24) is 0 Å². The van der Waals surface area contributed by atoms with Crippen LogP contribution in [-0.4, -0.2) is 29.5 Å². The highest BCUT2D eigenvalue weighted by Gasteiger charge is 2.56. The molecule has 2 rings (SSSR count). The van der Waals surface area contributed by atoms with Crippen LogP contribution < -0.4 is 0 Å². The molecular weight excluding hydrogens is 240 g/mol. The summed E-state index contributed by atoms with van der Waals surface area (Å²) in [6, 6.07) is 10.1. The van der Waals surface area contributed by atoms with Gasteiger partial charge in [-0.15, -0.1) is 0 Å². The number of rotatable bonds is 8. The average Bonchev–Trinajstić information content (AvgIpc) is 3.09. The van der Waals surface area contributed by atoms with E-state index in [2.05, 4.69) is 6.92 Å². The maximum absolute atomic E-state index is 10.1. The molecule has 106 valence electrons. The van der Waals surface area contributed by atoms with Crippen molar-refractivity contribution in [2.24, 2.45) is 0 Å². The van der Waals surface area contributed by atoms with E-state index in [1.54, 1.807) is 0 Å². The first kappa shape index (κ1) is 14.5. The molecule has 0 spiro atoms. The van der Waals surface area contributed by atoms with Gasteiger partial charge in [0.15, 0.2) is 0 Å². The fraction of sp³-hybridized carbons (Fsp3) is 0.625. The Labute approximate surface area is 115 Å². The van der Waals surface area contributed by atoms with E-state index in [9.17, 15) is 5.11 Å². The van der Waals surface area contributed by atoms with Crippen LogP contribution in [0.5, 0.6) is 0 Å². The van der Waals surface area contributed by atoms with Crippen LogP contribution in [0.25, 0.3) is 0 Å². The fourth-order valence-corrected chi connectivity index (χ4v) is 2.31. The molecule has 0 saturated carbocycles. The summed E-state index contributed by atoms with van der Waals surface area (Å²) in [5.74, 6) is 0. The quantitative estimate of drug-likeness (QED) is 0.734. The number of hydrogen-bond donors (Lipinski definition) is 1. The molecule has 3 nitrogen and oxygen atoms in total. The van der Waals surface area contributed by atoms with E-state index in [0.29, 0.717) is 13.2 Å². The molecule has 0 aromatic heterocycles. The lowest BCUT2D eigenvalue weighted by atomic mass is 9.96. The van der Waals surface area contributed by atoms with E-state index < -0.39 is 5.60 Å². The summed E-state index contributed by atoms with van der Waals surface area (Å²) < 4.78 is 11.3. The van der Waals surface area contributed by atoms with Gasteiger partial charge in [0.2, 0.25) is 0 Å². The second-order valence-corrected chi connectivity index (χ2v) is 5.45. The van der Waals surface area contributed by atoms with Gasteiger partial charge in [-0.3, -0.25) is 0 Å². The van der Waals surface area contributed by atoms with Gasteiger partial charge in [-0.05, 0) is 18.9 Å². The zero-order valence-corrected chi connectivity index (χ0v) is 11.8. The molecule has 1 saturated heterocycles. The summed E-state index contributed by atoms with van der Waals surface area (Å²) in [7, 11) is 0. The van der Waals surface area contributed by atoms with Gasteiger partial charge in [-0.25, -0.2) is 0 Å². The zero-order chi connectivity index (χ0) is 13.7. The van der Waals surface area contributed by atoms with Crippen LogP contribution in [0.4, 0.5) is 0 Å². The monoisotopic (exact) mass is 264 g/mol. The topological polar surface area (TPSA) is 42.0 Å². The predicted octanol–water partition coefficient (Wildman–Crippen LogP) is 2.91. The van der Waals surface area contributed by atoms with Crippen molar-refractivity contribution in [1.29, 1.82) is 0 Å². The van der Waals surface area contributed by atoms with E-state index in [1.165, 1.54) is 0 Å². The summed E-state index contributed by atoms with van der Waals surface area (Å²) in [5.41, 5.74) is 0.766. The van der Waals surface area contributed by atoms with E-state index >= 15 is 0 Å². The molecule has 0 radical (unpaired) electrons. The van der Waals surface area contributed by atoms with Crippen molar-refractivity contribution in [3.8, 4) is 0 Å². The van der Waals surface area contributed by atoms with Gasteiger partial charge in [0, 0.05) is 0 Å². The Morgan fingerprint density at radius 3 is 2.79 bits per heavy atom. The average molecular weight is 264 g/mol. The van der Waals surface area contributed by atoms with Crippen LogP contribution in [0.1, 0.15) is 38.7 Å². The second kappa shape index (κ2) is 6.51. The van der Waals surface area contributed by atoms with E-state index in [1.807, 2.05) is 37.3 Å². The van der Waals surface area contributed by atoms with Gasteiger partial charge in [-0.2, -0.15) is 0 Å². The summed E-state index contributed by atoms with van der Waals surface area (Å²) in [6.07, 6.45) is 2.60. The third kappa shape index (κ3) is 3.78. The fourth-order valence-electron chi connectivity index (χ4n) is 2.31. The number of unbranched alkanes of at least 4 members (excludes halogenated alkanes) is 1. The normalized spacial score (nSPS) is 27.2. The molecule has 0 amide bonds. The smallest absolute Gasteiger partial charge is 0.120 e. The molecule has 1 aromatic carbocycles. The van der Waals surface area contributed by atoms with Crippen molar-refractivity contribution in [2.75, 3.05) is 6.61 Å². The van der Waals surface area contributed by atoms with Gasteiger partial charge in [0.25, 0.3) is 0 Å². The SMILES string of the molecule is CCCC[C@H](O)[C@]1(C)O[C@H]1COCc1ccccc1. The van der Waals surface area contributed by atoms with Crippen molar-refractivity contribution >= 4 is 0 Å². The molecule has 1 N–H and O–H groups in total. The molecule has 1 heterocycles. The standard InChI is InChI=1S/C16H24O3/c1-3-4-10-14(17)16(2)15(19-16)12-18-11-13-8-6-5-7-9-13/h5-9,14-15,17H,3-4,10-12H2,1-2H3/t14-,15-,16-/m0/s1. The number of hydrogen-bond acceptors (Lipinski definition) is 3. The second-order valence-electron chi connectivity index (χ2n) is 5.45. The lowest BCUT2D eigenvalue weighted by Gasteiger charge is -2.15. The van der Waals surface area contributed by atoms with Gasteiger partial charge >= 0.3 is 0 Å². The highest BCUT2D eigenvalue weighted by atomic mass is 16.6. The Kier molecular flexibility index (Phi) is 4.97. The third-order valence-electron chi connectivity index (χ3n) is 3.85. The van der Waals surface area contributed by atoms with Crippen molar-refractivity contribution < 1.29 is 14.6 Å². The minimum Gasteiger partial charge on any atom is -0.390 e.